The van der Waals surface area contributed by atoms with Crippen LogP contribution in [0.5, 0.6) is 0 Å². The Balaban J connectivity index is 2.57. The molecule has 1 aromatic carbocycles. The van der Waals surface area contributed by atoms with Crippen LogP contribution in [-0.4, -0.2) is 48.5 Å². The number of nitrogens with zero attached hydrogens (tertiary/aromatic N) is 3. The molecule has 1 aliphatic rings. The fourth-order valence-corrected chi connectivity index (χ4v) is 4.40. The molecule has 0 radical (unpaired) electrons. The Kier molecular flexibility index (Phi) is 6.01. The summed E-state index contributed by atoms with van der Waals surface area (Å²) in [5, 5.41) is 3.11. The van der Waals surface area contributed by atoms with Crippen molar-refractivity contribution in [3.05, 3.63) is 47.5 Å². The van der Waals surface area contributed by atoms with E-state index in [9.17, 15) is 47.6 Å². The monoisotopic (exact) mass is 499 g/mol. The number of aryl methyl sites for hydroxylation is 1. The second-order valence-corrected chi connectivity index (χ2v) is 9.66. The van der Waals surface area contributed by atoms with E-state index >= 15 is 0 Å². The average molecular weight is 499 g/mol. The molecule has 0 aromatic heterocycles. The van der Waals surface area contributed by atoms with Crippen molar-refractivity contribution in [2.75, 3.05) is 0 Å². The third kappa shape index (κ3) is 4.28. The maximum atomic E-state index is 13.3. The molecule has 0 N–H and O–H groups in total. The summed E-state index contributed by atoms with van der Waals surface area (Å²) < 4.78 is 137. The standard InChI is InChI=1S/C14H12F7N3O5S2/c1-9-3-4-11(15)7-10(9)8-22-29-12(2)23(30(25,26)13(16,17)18)5-6-24(12)31(27,28)14(19,20)21/h3-8H,1-2H3/b22-8+. The van der Waals surface area contributed by atoms with Gasteiger partial charge >= 0.3 is 36.9 Å². The first-order chi connectivity index (χ1) is 13.9. The lowest BCUT2D eigenvalue weighted by Gasteiger charge is -2.38. The molecule has 31 heavy (non-hydrogen) atoms. The van der Waals surface area contributed by atoms with E-state index in [1.54, 1.807) is 0 Å². The summed E-state index contributed by atoms with van der Waals surface area (Å²) in [6.45, 7) is 1.75. The molecule has 0 bridgehead atoms. The molecule has 0 atom stereocenters. The van der Waals surface area contributed by atoms with Crippen molar-refractivity contribution in [1.82, 2.24) is 8.61 Å². The molecule has 8 nitrogen and oxygen atoms in total. The highest BCUT2D eigenvalue weighted by atomic mass is 32.2. The number of alkyl halides is 6. The molecule has 1 heterocycles. The van der Waals surface area contributed by atoms with Crippen LogP contribution < -0.4 is 0 Å². The molecular formula is C14H12F7N3O5S2. The summed E-state index contributed by atoms with van der Waals surface area (Å²) >= 11 is 0. The largest absolute Gasteiger partial charge is 0.516 e. The SMILES string of the molecule is Cc1ccc(F)cc1/C=N/OC1(C)N(S(=O)(=O)C(F)(F)F)C=CN1S(=O)(=O)C(F)(F)F. The molecule has 0 saturated carbocycles. The molecule has 1 aliphatic heterocycles. The van der Waals surface area contributed by atoms with Crippen LogP contribution in [0.25, 0.3) is 0 Å². The van der Waals surface area contributed by atoms with Crippen molar-refractivity contribution in [2.45, 2.75) is 30.7 Å². The van der Waals surface area contributed by atoms with Gasteiger partial charge in [0.25, 0.3) is 0 Å². The van der Waals surface area contributed by atoms with Gasteiger partial charge in [-0.05, 0) is 24.6 Å². The Morgan fingerprint density at radius 3 is 1.84 bits per heavy atom. The number of oxime groups is 1. The van der Waals surface area contributed by atoms with Crippen molar-refractivity contribution >= 4 is 26.3 Å². The molecule has 0 spiro atoms. The Morgan fingerprint density at radius 1 is 0.968 bits per heavy atom. The van der Waals surface area contributed by atoms with Gasteiger partial charge in [0.05, 0.1) is 6.21 Å². The van der Waals surface area contributed by atoms with Gasteiger partial charge in [-0.15, -0.1) is 0 Å². The summed E-state index contributed by atoms with van der Waals surface area (Å²) in [6, 6.07) is 3.19. The lowest BCUT2D eigenvalue weighted by molar-refractivity contribution is -0.150. The van der Waals surface area contributed by atoms with E-state index in [-0.39, 0.29) is 18.0 Å². The van der Waals surface area contributed by atoms with Crippen molar-refractivity contribution in [3.8, 4) is 0 Å². The summed E-state index contributed by atoms with van der Waals surface area (Å²) in [5.41, 5.74) is -11.7. The normalized spacial score (nSPS) is 17.6. The van der Waals surface area contributed by atoms with E-state index < -0.39 is 51.3 Å². The topological polar surface area (TPSA) is 96.3 Å². The van der Waals surface area contributed by atoms with E-state index in [1.807, 2.05) is 0 Å². The minimum absolute atomic E-state index is 0.0370. The minimum Gasteiger partial charge on any atom is -0.343 e. The maximum absolute atomic E-state index is 13.3. The Morgan fingerprint density at radius 2 is 1.42 bits per heavy atom. The number of sulfonamides is 2. The van der Waals surface area contributed by atoms with Gasteiger partial charge in [0, 0.05) is 24.9 Å². The summed E-state index contributed by atoms with van der Waals surface area (Å²) in [6.07, 6.45) is 0.503. The highest BCUT2D eigenvalue weighted by Gasteiger charge is 2.65. The Bertz CT molecular complexity index is 1070. The van der Waals surface area contributed by atoms with Crippen LogP contribution in [0.1, 0.15) is 18.1 Å². The Labute approximate surface area is 171 Å². The lowest BCUT2D eigenvalue weighted by atomic mass is 10.1. The molecule has 1 aromatic rings. The smallest absolute Gasteiger partial charge is 0.343 e. The highest BCUT2D eigenvalue weighted by Crippen LogP contribution is 2.42. The van der Waals surface area contributed by atoms with Gasteiger partial charge in [-0.3, -0.25) is 0 Å². The van der Waals surface area contributed by atoms with E-state index in [2.05, 4.69) is 9.99 Å². The third-order valence-corrected chi connectivity index (χ3v) is 7.04. The summed E-state index contributed by atoms with van der Waals surface area (Å²) in [5.74, 6) is -4.25. The number of hydrogen-bond donors (Lipinski definition) is 0. The molecule has 174 valence electrons. The van der Waals surface area contributed by atoms with Gasteiger partial charge in [-0.25, -0.2) is 13.0 Å². The summed E-state index contributed by atoms with van der Waals surface area (Å²) in [7, 11) is -12.8. The number of benzene rings is 1. The van der Waals surface area contributed by atoms with Crippen molar-refractivity contribution in [1.29, 1.82) is 0 Å². The van der Waals surface area contributed by atoms with Crippen LogP contribution in [0, 0.1) is 12.7 Å². The van der Waals surface area contributed by atoms with Crippen LogP contribution in [0.15, 0.2) is 35.8 Å². The van der Waals surface area contributed by atoms with Gasteiger partial charge in [0.15, 0.2) is 0 Å². The number of hydrogen-bond acceptors (Lipinski definition) is 6. The van der Waals surface area contributed by atoms with Crippen LogP contribution >= 0.6 is 0 Å². The predicted octanol–water partition coefficient (Wildman–Crippen LogP) is 2.95. The first-order valence-electron chi connectivity index (χ1n) is 7.73. The van der Waals surface area contributed by atoms with Crippen molar-refractivity contribution in [3.63, 3.8) is 0 Å². The molecule has 0 amide bonds. The fraction of sp³-hybridized carbons (Fsp3) is 0.357. The van der Waals surface area contributed by atoms with Crippen molar-refractivity contribution < 1.29 is 52.4 Å². The zero-order chi connectivity index (χ0) is 24.0. The minimum atomic E-state index is -6.42. The fourth-order valence-electron chi connectivity index (χ4n) is 2.34. The Hall–Kier alpha value is -2.56. The maximum Gasteiger partial charge on any atom is 0.516 e. The number of rotatable bonds is 5. The van der Waals surface area contributed by atoms with Gasteiger partial charge in [0.1, 0.15) is 5.82 Å². The highest BCUT2D eigenvalue weighted by molar-refractivity contribution is 7.91. The number of halogens is 7. The van der Waals surface area contributed by atoms with Gasteiger partial charge in [-0.1, -0.05) is 11.2 Å². The van der Waals surface area contributed by atoms with Crippen LogP contribution in [0.3, 0.4) is 0 Å². The molecule has 17 heteroatoms. The molecule has 0 saturated heterocycles. The van der Waals surface area contributed by atoms with Crippen LogP contribution in [0.4, 0.5) is 30.7 Å². The van der Waals surface area contributed by atoms with Crippen molar-refractivity contribution in [2.24, 2.45) is 5.16 Å². The van der Waals surface area contributed by atoms with Gasteiger partial charge in [-0.2, -0.15) is 43.2 Å². The predicted molar refractivity (Wildman–Crippen MR) is 91.0 cm³/mol. The summed E-state index contributed by atoms with van der Waals surface area (Å²) in [4.78, 5) is 4.56. The first kappa shape index (κ1) is 24.7. The van der Waals surface area contributed by atoms with E-state index in [0.717, 1.165) is 12.1 Å². The zero-order valence-corrected chi connectivity index (χ0v) is 16.9. The lowest BCUT2D eigenvalue weighted by Crippen LogP contribution is -2.59. The van der Waals surface area contributed by atoms with Gasteiger partial charge < -0.3 is 4.84 Å². The van der Waals surface area contributed by atoms with Crippen LogP contribution in [-0.2, 0) is 24.9 Å². The molecule has 0 unspecified atom stereocenters. The molecule has 0 aliphatic carbocycles. The second-order valence-electron chi connectivity index (χ2n) is 6.05. The first-order valence-corrected chi connectivity index (χ1v) is 10.6. The van der Waals surface area contributed by atoms with E-state index in [0.29, 0.717) is 18.7 Å². The average Bonchev–Trinajstić information content (AvgIpc) is 2.94. The van der Waals surface area contributed by atoms with Crippen LogP contribution in [0.2, 0.25) is 0 Å². The zero-order valence-electron chi connectivity index (χ0n) is 15.3. The van der Waals surface area contributed by atoms with E-state index in [1.165, 1.54) is 13.0 Å². The molecular weight excluding hydrogens is 487 g/mol. The third-order valence-electron chi connectivity index (χ3n) is 3.92. The molecule has 0 fully saturated rings. The second kappa shape index (κ2) is 7.54. The molecule has 2 rings (SSSR count). The quantitative estimate of drug-likeness (QED) is 0.353. The van der Waals surface area contributed by atoms with Gasteiger partial charge in [0.2, 0.25) is 0 Å². The van der Waals surface area contributed by atoms with E-state index in [4.69, 9.17) is 0 Å².